The molecule has 0 aromatic carbocycles. The number of nitrogens with zero attached hydrogens (tertiary/aromatic N) is 1. The quantitative estimate of drug-likeness (QED) is 0.656. The molecule has 0 amide bonds. The Labute approximate surface area is 86.5 Å². The van der Waals surface area contributed by atoms with Crippen molar-refractivity contribution in [1.29, 1.82) is 0 Å². The fourth-order valence-electron chi connectivity index (χ4n) is 1.59. The molecule has 0 aliphatic carbocycles. The van der Waals surface area contributed by atoms with Gasteiger partial charge in [-0.3, -0.25) is 0 Å². The molecule has 1 saturated heterocycles. The molecule has 2 nitrogen and oxygen atoms in total. The minimum atomic E-state index is 0.902. The fourth-order valence-corrected chi connectivity index (χ4v) is 2.82. The summed E-state index contributed by atoms with van der Waals surface area (Å²) < 4.78 is 0. The van der Waals surface area contributed by atoms with Crippen molar-refractivity contribution in [2.24, 2.45) is 0 Å². The van der Waals surface area contributed by atoms with Crippen LogP contribution < -0.4 is 5.32 Å². The van der Waals surface area contributed by atoms with E-state index >= 15 is 0 Å². The van der Waals surface area contributed by atoms with E-state index in [1.807, 2.05) is 0 Å². The van der Waals surface area contributed by atoms with E-state index in [0.29, 0.717) is 0 Å². The summed E-state index contributed by atoms with van der Waals surface area (Å²) in [5, 5.41) is 4.44. The molecule has 3 heteroatoms. The normalized spacial score (nSPS) is 22.8. The molecule has 1 unspecified atom stereocenters. The Balaban J connectivity index is 1.83. The van der Waals surface area contributed by atoms with Gasteiger partial charge in [-0.05, 0) is 52.2 Å². The van der Waals surface area contributed by atoms with Gasteiger partial charge in [-0.25, -0.2) is 0 Å². The summed E-state index contributed by atoms with van der Waals surface area (Å²) in [5.74, 6) is 1.38. The molecule has 0 saturated carbocycles. The molecule has 1 aliphatic rings. The van der Waals surface area contributed by atoms with Crippen molar-refractivity contribution in [3.63, 3.8) is 0 Å². The molecule has 0 radical (unpaired) electrons. The molecule has 1 N–H and O–H groups in total. The van der Waals surface area contributed by atoms with Gasteiger partial charge < -0.3 is 10.2 Å². The Morgan fingerprint density at radius 3 is 2.92 bits per heavy atom. The molecular weight excluding hydrogens is 180 g/mol. The Kier molecular flexibility index (Phi) is 5.83. The molecule has 1 atom stereocenters. The lowest BCUT2D eigenvalue weighted by molar-refractivity contribution is 0.394. The van der Waals surface area contributed by atoms with Crippen molar-refractivity contribution in [1.82, 2.24) is 10.2 Å². The monoisotopic (exact) mass is 202 g/mol. The minimum absolute atomic E-state index is 0.902. The van der Waals surface area contributed by atoms with Gasteiger partial charge >= 0.3 is 0 Å². The van der Waals surface area contributed by atoms with E-state index in [-0.39, 0.29) is 0 Å². The van der Waals surface area contributed by atoms with Crippen molar-refractivity contribution in [3.8, 4) is 0 Å². The van der Waals surface area contributed by atoms with Gasteiger partial charge in [-0.1, -0.05) is 0 Å². The van der Waals surface area contributed by atoms with Crippen LogP contribution in [-0.4, -0.2) is 49.6 Å². The molecule has 13 heavy (non-hydrogen) atoms. The largest absolute Gasteiger partial charge is 0.316 e. The van der Waals surface area contributed by atoms with Crippen LogP contribution in [0.2, 0.25) is 0 Å². The maximum absolute atomic E-state index is 3.54. The lowest BCUT2D eigenvalue weighted by atomic mass is 10.2. The number of rotatable bonds is 6. The van der Waals surface area contributed by atoms with Crippen molar-refractivity contribution in [2.45, 2.75) is 24.5 Å². The molecule has 1 aliphatic heterocycles. The van der Waals surface area contributed by atoms with Gasteiger partial charge in [0.15, 0.2) is 0 Å². The summed E-state index contributed by atoms with van der Waals surface area (Å²) in [4.78, 5) is 2.24. The molecule has 0 aromatic heterocycles. The Morgan fingerprint density at radius 1 is 1.46 bits per heavy atom. The van der Waals surface area contributed by atoms with Crippen LogP contribution >= 0.6 is 11.8 Å². The molecule has 78 valence electrons. The number of hydrogen-bond acceptors (Lipinski definition) is 3. The second kappa shape index (κ2) is 6.68. The first-order chi connectivity index (χ1) is 6.29. The second-order valence-corrected chi connectivity index (χ2v) is 5.40. The number of nitrogens with one attached hydrogen (secondary N) is 1. The van der Waals surface area contributed by atoms with E-state index in [4.69, 9.17) is 0 Å². The summed E-state index contributed by atoms with van der Waals surface area (Å²) >= 11 is 2.13. The van der Waals surface area contributed by atoms with Gasteiger partial charge in [-0.2, -0.15) is 11.8 Å². The topological polar surface area (TPSA) is 15.3 Å². The third-order valence-corrected chi connectivity index (χ3v) is 3.75. The average Bonchev–Trinajstić information content (AvgIpc) is 2.55. The zero-order valence-electron chi connectivity index (χ0n) is 8.88. The predicted molar refractivity (Wildman–Crippen MR) is 61.5 cm³/mol. The lowest BCUT2D eigenvalue weighted by Crippen LogP contribution is -2.26. The smallest absolute Gasteiger partial charge is 0.0172 e. The first-order valence-corrected chi connectivity index (χ1v) is 6.31. The van der Waals surface area contributed by atoms with Crippen molar-refractivity contribution in [3.05, 3.63) is 0 Å². The predicted octanol–water partition coefficient (Wildman–Crippen LogP) is 1.42. The average molecular weight is 202 g/mol. The van der Waals surface area contributed by atoms with Crippen LogP contribution in [0.3, 0.4) is 0 Å². The van der Waals surface area contributed by atoms with E-state index in [0.717, 1.165) is 5.25 Å². The van der Waals surface area contributed by atoms with Crippen LogP contribution in [0.4, 0.5) is 0 Å². The van der Waals surface area contributed by atoms with Gasteiger partial charge in [0.05, 0.1) is 0 Å². The van der Waals surface area contributed by atoms with E-state index in [2.05, 4.69) is 36.1 Å². The maximum atomic E-state index is 3.54. The second-order valence-electron chi connectivity index (χ2n) is 4.00. The van der Waals surface area contributed by atoms with Crippen LogP contribution in [0.1, 0.15) is 19.3 Å². The summed E-state index contributed by atoms with van der Waals surface area (Å²) in [6.07, 6.45) is 4.12. The lowest BCUT2D eigenvalue weighted by Gasteiger charge is -2.12. The number of thioether (sulfide) groups is 1. The summed E-state index contributed by atoms with van der Waals surface area (Å²) in [5.41, 5.74) is 0. The minimum Gasteiger partial charge on any atom is -0.316 e. The van der Waals surface area contributed by atoms with Crippen LogP contribution in [0.5, 0.6) is 0 Å². The van der Waals surface area contributed by atoms with Crippen molar-refractivity contribution in [2.75, 3.05) is 39.5 Å². The molecular formula is C10H22N2S. The van der Waals surface area contributed by atoms with Crippen LogP contribution in [0.15, 0.2) is 0 Å². The standard InChI is InChI=1S/C10H22N2S/c1-12(2)7-4-6-11-9-10-5-3-8-13-10/h10-11H,3-9H2,1-2H3. The van der Waals surface area contributed by atoms with Crippen molar-refractivity contribution < 1.29 is 0 Å². The fraction of sp³-hybridized carbons (Fsp3) is 1.00. The van der Waals surface area contributed by atoms with Crippen LogP contribution in [-0.2, 0) is 0 Å². The van der Waals surface area contributed by atoms with Gasteiger partial charge in [0.1, 0.15) is 0 Å². The highest BCUT2D eigenvalue weighted by Crippen LogP contribution is 2.24. The third kappa shape index (κ3) is 5.55. The number of hydrogen-bond donors (Lipinski definition) is 1. The first-order valence-electron chi connectivity index (χ1n) is 5.26. The Hall–Kier alpha value is 0.270. The first kappa shape index (κ1) is 11.3. The van der Waals surface area contributed by atoms with E-state index in [1.54, 1.807) is 0 Å². The molecule has 0 bridgehead atoms. The highest BCUT2D eigenvalue weighted by Gasteiger charge is 2.14. The van der Waals surface area contributed by atoms with E-state index in [1.165, 1.54) is 44.6 Å². The van der Waals surface area contributed by atoms with Crippen LogP contribution in [0.25, 0.3) is 0 Å². The van der Waals surface area contributed by atoms with Crippen LogP contribution in [0, 0.1) is 0 Å². The summed E-state index contributed by atoms with van der Waals surface area (Å²) in [6.45, 7) is 3.60. The van der Waals surface area contributed by atoms with Gasteiger partial charge in [-0.15, -0.1) is 0 Å². The zero-order valence-corrected chi connectivity index (χ0v) is 9.70. The Morgan fingerprint density at radius 2 is 2.31 bits per heavy atom. The Bertz CT molecular complexity index is 122. The van der Waals surface area contributed by atoms with Gasteiger partial charge in [0.2, 0.25) is 0 Å². The van der Waals surface area contributed by atoms with E-state index < -0.39 is 0 Å². The molecule has 0 spiro atoms. The highest BCUT2D eigenvalue weighted by atomic mass is 32.2. The zero-order chi connectivity index (χ0) is 9.52. The SMILES string of the molecule is CN(C)CCCNCC1CCCS1. The van der Waals surface area contributed by atoms with E-state index in [9.17, 15) is 0 Å². The molecule has 1 fully saturated rings. The molecule has 1 heterocycles. The highest BCUT2D eigenvalue weighted by molar-refractivity contribution is 8.00. The third-order valence-electron chi connectivity index (χ3n) is 2.35. The maximum Gasteiger partial charge on any atom is 0.0172 e. The summed E-state index contributed by atoms with van der Waals surface area (Å²) in [7, 11) is 4.26. The van der Waals surface area contributed by atoms with Crippen molar-refractivity contribution >= 4 is 11.8 Å². The van der Waals surface area contributed by atoms with Gasteiger partial charge in [0.25, 0.3) is 0 Å². The summed E-state index contributed by atoms with van der Waals surface area (Å²) in [6, 6.07) is 0. The van der Waals surface area contributed by atoms with Gasteiger partial charge in [0, 0.05) is 11.8 Å². The molecule has 1 rings (SSSR count). The molecule has 0 aromatic rings.